The van der Waals surface area contributed by atoms with Crippen molar-refractivity contribution in [1.82, 2.24) is 5.32 Å². The first-order chi connectivity index (χ1) is 10.1. The first-order valence-electron chi connectivity index (χ1n) is 6.50. The maximum absolute atomic E-state index is 13.5. The number of aliphatic hydroxyl groups excluding tert-OH is 1. The highest BCUT2D eigenvalue weighted by Crippen LogP contribution is 2.15. The molecule has 3 nitrogen and oxygen atoms in total. The van der Waals surface area contributed by atoms with Crippen LogP contribution >= 0.6 is 11.6 Å². The average molecular weight is 308 g/mol. The van der Waals surface area contributed by atoms with Crippen molar-refractivity contribution < 1.29 is 14.3 Å². The number of halogens is 2. The van der Waals surface area contributed by atoms with E-state index in [0.717, 1.165) is 5.56 Å². The Morgan fingerprint density at radius 1 is 1.19 bits per heavy atom. The van der Waals surface area contributed by atoms with Gasteiger partial charge in [-0.15, -0.1) is 0 Å². The molecule has 1 atom stereocenters. The van der Waals surface area contributed by atoms with E-state index in [4.69, 9.17) is 11.6 Å². The molecule has 2 N–H and O–H groups in total. The zero-order valence-corrected chi connectivity index (χ0v) is 12.0. The van der Waals surface area contributed by atoms with Gasteiger partial charge in [-0.2, -0.15) is 0 Å². The van der Waals surface area contributed by atoms with Crippen molar-refractivity contribution in [3.8, 4) is 0 Å². The van der Waals surface area contributed by atoms with Crippen molar-refractivity contribution in [2.24, 2.45) is 0 Å². The lowest BCUT2D eigenvalue weighted by Gasteiger charge is -2.13. The zero-order chi connectivity index (χ0) is 15.2. The highest BCUT2D eigenvalue weighted by atomic mass is 35.5. The Bertz CT molecular complexity index is 616. The Morgan fingerprint density at radius 2 is 1.86 bits per heavy atom. The third-order valence-corrected chi connectivity index (χ3v) is 3.29. The van der Waals surface area contributed by atoms with Crippen LogP contribution in [0.2, 0.25) is 5.02 Å². The van der Waals surface area contributed by atoms with Crippen LogP contribution in [0, 0.1) is 5.82 Å². The van der Waals surface area contributed by atoms with Crippen LogP contribution in [0.1, 0.15) is 17.2 Å². The molecule has 0 bridgehead atoms. The van der Waals surface area contributed by atoms with E-state index in [1.807, 2.05) is 0 Å². The molecule has 0 spiro atoms. The van der Waals surface area contributed by atoms with E-state index in [-0.39, 0.29) is 24.4 Å². The molecule has 0 saturated heterocycles. The van der Waals surface area contributed by atoms with E-state index in [9.17, 15) is 14.3 Å². The van der Waals surface area contributed by atoms with Crippen molar-refractivity contribution >= 4 is 17.5 Å². The number of carbonyl (C=O) groups excluding carboxylic acids is 1. The summed E-state index contributed by atoms with van der Waals surface area (Å²) in [7, 11) is 0. The molecule has 0 aromatic heterocycles. The molecular formula is C16H15ClFNO2. The van der Waals surface area contributed by atoms with Gasteiger partial charge in [0.05, 0.1) is 12.5 Å². The van der Waals surface area contributed by atoms with Crippen molar-refractivity contribution in [3.05, 3.63) is 70.5 Å². The Labute approximate surface area is 127 Å². The van der Waals surface area contributed by atoms with Crippen LogP contribution in [-0.2, 0) is 11.2 Å². The quantitative estimate of drug-likeness (QED) is 0.892. The normalized spacial score (nSPS) is 12.0. The minimum atomic E-state index is -1.07. The summed E-state index contributed by atoms with van der Waals surface area (Å²) in [4.78, 5) is 11.8. The Kier molecular flexibility index (Phi) is 5.31. The van der Waals surface area contributed by atoms with Gasteiger partial charge in [-0.3, -0.25) is 4.79 Å². The summed E-state index contributed by atoms with van der Waals surface area (Å²) in [5.41, 5.74) is 0.988. The summed E-state index contributed by atoms with van der Waals surface area (Å²) in [5.74, 6) is -0.732. The van der Waals surface area contributed by atoms with Gasteiger partial charge in [0, 0.05) is 17.1 Å². The van der Waals surface area contributed by atoms with E-state index in [2.05, 4.69) is 5.32 Å². The van der Waals surface area contributed by atoms with Gasteiger partial charge in [-0.05, 0) is 23.8 Å². The fourth-order valence-corrected chi connectivity index (χ4v) is 2.04. The fourth-order valence-electron chi connectivity index (χ4n) is 1.92. The molecule has 2 rings (SSSR count). The van der Waals surface area contributed by atoms with E-state index in [1.165, 1.54) is 12.1 Å². The summed E-state index contributed by atoms with van der Waals surface area (Å²) in [6.45, 7) is -0.0344. The summed E-state index contributed by atoms with van der Waals surface area (Å²) >= 11 is 5.76. The van der Waals surface area contributed by atoms with Gasteiger partial charge in [0.15, 0.2) is 0 Å². The van der Waals surface area contributed by atoms with E-state index >= 15 is 0 Å². The number of aliphatic hydroxyl groups is 1. The first-order valence-corrected chi connectivity index (χ1v) is 6.87. The summed E-state index contributed by atoms with van der Waals surface area (Å²) in [6, 6.07) is 12.9. The Morgan fingerprint density at radius 3 is 2.52 bits per heavy atom. The lowest BCUT2D eigenvalue weighted by Crippen LogP contribution is -2.29. The average Bonchev–Trinajstić information content (AvgIpc) is 2.48. The predicted molar refractivity (Wildman–Crippen MR) is 79.5 cm³/mol. The molecule has 1 amide bonds. The number of amides is 1. The van der Waals surface area contributed by atoms with Crippen LogP contribution in [0.3, 0.4) is 0 Å². The molecule has 0 aliphatic carbocycles. The molecule has 0 aliphatic heterocycles. The number of hydrogen-bond donors (Lipinski definition) is 2. The highest BCUT2D eigenvalue weighted by Gasteiger charge is 2.13. The van der Waals surface area contributed by atoms with Gasteiger partial charge < -0.3 is 10.4 Å². The van der Waals surface area contributed by atoms with E-state index in [0.29, 0.717) is 5.02 Å². The topological polar surface area (TPSA) is 49.3 Å². The lowest BCUT2D eigenvalue weighted by molar-refractivity contribution is -0.120. The standard InChI is InChI=1S/C16H15ClFNO2/c17-12-7-5-11(6-8-12)9-16(21)19-10-15(20)13-3-1-2-4-14(13)18/h1-8,15,20H,9-10H2,(H,19,21). The molecular weight excluding hydrogens is 293 g/mol. The maximum atomic E-state index is 13.5. The van der Waals surface area contributed by atoms with Crippen LogP contribution in [0.15, 0.2) is 48.5 Å². The van der Waals surface area contributed by atoms with Crippen molar-refractivity contribution in [2.45, 2.75) is 12.5 Å². The van der Waals surface area contributed by atoms with E-state index < -0.39 is 11.9 Å². The third-order valence-electron chi connectivity index (χ3n) is 3.03. The number of benzene rings is 2. The van der Waals surface area contributed by atoms with Crippen molar-refractivity contribution in [2.75, 3.05) is 6.54 Å². The van der Waals surface area contributed by atoms with Gasteiger partial charge in [-0.25, -0.2) is 4.39 Å². The smallest absolute Gasteiger partial charge is 0.224 e. The summed E-state index contributed by atoms with van der Waals surface area (Å²) in [5, 5.41) is 13.1. The fraction of sp³-hybridized carbons (Fsp3) is 0.188. The van der Waals surface area contributed by atoms with Crippen molar-refractivity contribution in [1.29, 1.82) is 0 Å². The Balaban J connectivity index is 1.86. The molecule has 21 heavy (non-hydrogen) atoms. The zero-order valence-electron chi connectivity index (χ0n) is 11.2. The van der Waals surface area contributed by atoms with Crippen LogP contribution in [0.5, 0.6) is 0 Å². The molecule has 0 heterocycles. The summed E-state index contributed by atoms with van der Waals surface area (Å²) in [6.07, 6.45) is -0.887. The first kappa shape index (κ1) is 15.5. The molecule has 1 unspecified atom stereocenters. The molecule has 0 radical (unpaired) electrons. The minimum Gasteiger partial charge on any atom is -0.386 e. The number of carbonyl (C=O) groups is 1. The molecule has 110 valence electrons. The van der Waals surface area contributed by atoms with E-state index in [1.54, 1.807) is 36.4 Å². The van der Waals surface area contributed by atoms with Gasteiger partial charge in [0.25, 0.3) is 0 Å². The number of rotatable bonds is 5. The maximum Gasteiger partial charge on any atom is 0.224 e. The Hall–Kier alpha value is -1.91. The van der Waals surface area contributed by atoms with Gasteiger partial charge in [-0.1, -0.05) is 41.9 Å². The third kappa shape index (κ3) is 4.55. The molecule has 0 aliphatic rings. The molecule has 0 fully saturated rings. The largest absolute Gasteiger partial charge is 0.386 e. The van der Waals surface area contributed by atoms with Crippen LogP contribution in [-0.4, -0.2) is 17.6 Å². The molecule has 5 heteroatoms. The SMILES string of the molecule is O=C(Cc1ccc(Cl)cc1)NCC(O)c1ccccc1F. The predicted octanol–water partition coefficient (Wildman–Crippen LogP) is 2.87. The summed E-state index contributed by atoms with van der Waals surface area (Å²) < 4.78 is 13.5. The second-order valence-corrected chi connectivity index (χ2v) is 5.08. The monoisotopic (exact) mass is 307 g/mol. The number of nitrogens with one attached hydrogen (secondary N) is 1. The van der Waals surface area contributed by atoms with Gasteiger partial charge in [0.1, 0.15) is 5.82 Å². The van der Waals surface area contributed by atoms with Crippen LogP contribution in [0.4, 0.5) is 4.39 Å². The second-order valence-electron chi connectivity index (χ2n) is 4.64. The van der Waals surface area contributed by atoms with Crippen LogP contribution < -0.4 is 5.32 Å². The lowest BCUT2D eigenvalue weighted by atomic mass is 10.1. The van der Waals surface area contributed by atoms with Gasteiger partial charge >= 0.3 is 0 Å². The minimum absolute atomic E-state index is 0.0344. The molecule has 0 saturated carbocycles. The molecule has 2 aromatic rings. The van der Waals surface area contributed by atoms with Crippen LogP contribution in [0.25, 0.3) is 0 Å². The molecule has 2 aromatic carbocycles. The van der Waals surface area contributed by atoms with Crippen molar-refractivity contribution in [3.63, 3.8) is 0 Å². The second kappa shape index (κ2) is 7.20. The number of hydrogen-bond acceptors (Lipinski definition) is 2. The highest BCUT2D eigenvalue weighted by molar-refractivity contribution is 6.30. The van der Waals surface area contributed by atoms with Gasteiger partial charge in [0.2, 0.25) is 5.91 Å².